The Morgan fingerprint density at radius 2 is 1.76 bits per heavy atom. The second kappa shape index (κ2) is 7.60. The molecule has 4 rings (SSSR count). The van der Waals surface area contributed by atoms with E-state index in [1.165, 1.54) is 6.26 Å². The van der Waals surface area contributed by atoms with Crippen LogP contribution in [-0.2, 0) is 19.6 Å². The van der Waals surface area contributed by atoms with Gasteiger partial charge in [-0.3, -0.25) is 9.59 Å². The smallest absolute Gasteiger partial charge is 0.227 e. The van der Waals surface area contributed by atoms with Crippen LogP contribution in [-0.4, -0.2) is 62.6 Å². The maximum absolute atomic E-state index is 12.8. The fourth-order valence-corrected chi connectivity index (χ4v) is 6.47. The number of benzene rings is 1. The first-order valence-corrected chi connectivity index (χ1v) is 11.8. The van der Waals surface area contributed by atoms with Crippen LogP contribution in [0, 0.1) is 5.92 Å². The normalized spacial score (nSPS) is 29.9. The molecule has 0 aliphatic carbocycles. The van der Waals surface area contributed by atoms with Gasteiger partial charge >= 0.3 is 0 Å². The van der Waals surface area contributed by atoms with Crippen LogP contribution in [0.5, 0.6) is 5.75 Å². The van der Waals surface area contributed by atoms with Crippen molar-refractivity contribution in [2.75, 3.05) is 24.8 Å². The van der Waals surface area contributed by atoms with E-state index in [2.05, 4.69) is 5.32 Å². The lowest BCUT2D eigenvalue weighted by Crippen LogP contribution is -2.52. The van der Waals surface area contributed by atoms with E-state index < -0.39 is 15.9 Å². The van der Waals surface area contributed by atoms with Crippen molar-refractivity contribution in [2.45, 2.75) is 50.2 Å². The van der Waals surface area contributed by atoms with E-state index in [1.54, 1.807) is 28.4 Å². The zero-order valence-electron chi connectivity index (χ0n) is 16.7. The van der Waals surface area contributed by atoms with Gasteiger partial charge < -0.3 is 15.0 Å². The molecule has 0 spiro atoms. The molecular formula is C20H27N3O5S. The largest absolute Gasteiger partial charge is 0.497 e. The van der Waals surface area contributed by atoms with Crippen molar-refractivity contribution >= 4 is 27.5 Å². The molecule has 1 aromatic carbocycles. The zero-order valence-corrected chi connectivity index (χ0v) is 17.5. The number of nitrogens with zero attached hydrogens (tertiary/aromatic N) is 2. The fraction of sp³-hybridized carbons (Fsp3) is 0.600. The molecule has 2 bridgehead atoms. The Balaban J connectivity index is 1.37. The second-order valence-electron chi connectivity index (χ2n) is 8.26. The van der Waals surface area contributed by atoms with Crippen molar-refractivity contribution in [3.63, 3.8) is 0 Å². The summed E-state index contributed by atoms with van der Waals surface area (Å²) in [5.74, 6) is 0.133. The molecule has 158 valence electrons. The van der Waals surface area contributed by atoms with Crippen LogP contribution < -0.4 is 15.0 Å². The Morgan fingerprint density at radius 3 is 2.31 bits per heavy atom. The SMILES string of the molecule is COc1ccc(N2C[C@@H](C(=O)NC3C[C@H]4CC[C@@H](C3)N4S(C)(=O)=O)CC2=O)cc1. The number of amides is 2. The maximum Gasteiger partial charge on any atom is 0.227 e. The molecule has 29 heavy (non-hydrogen) atoms. The van der Waals surface area contributed by atoms with E-state index in [-0.39, 0.29) is 36.4 Å². The first-order chi connectivity index (χ1) is 13.8. The van der Waals surface area contributed by atoms with Gasteiger partial charge in [-0.2, -0.15) is 4.31 Å². The first-order valence-electron chi connectivity index (χ1n) is 9.99. The molecule has 0 saturated carbocycles. The molecule has 3 saturated heterocycles. The van der Waals surface area contributed by atoms with Crippen molar-refractivity contribution in [3.05, 3.63) is 24.3 Å². The minimum atomic E-state index is -3.22. The van der Waals surface area contributed by atoms with Crippen LogP contribution in [0.4, 0.5) is 5.69 Å². The summed E-state index contributed by atoms with van der Waals surface area (Å²) in [6, 6.07) is 7.11. The van der Waals surface area contributed by atoms with E-state index in [1.807, 2.05) is 12.1 Å². The van der Waals surface area contributed by atoms with Gasteiger partial charge in [-0.25, -0.2) is 8.42 Å². The van der Waals surface area contributed by atoms with Gasteiger partial charge in [0.2, 0.25) is 21.8 Å². The van der Waals surface area contributed by atoms with Crippen molar-refractivity contribution < 1.29 is 22.7 Å². The summed E-state index contributed by atoms with van der Waals surface area (Å²) in [6.45, 7) is 0.353. The first kappa shape index (κ1) is 20.2. The van der Waals surface area contributed by atoms with E-state index in [0.29, 0.717) is 25.1 Å². The van der Waals surface area contributed by atoms with Crippen LogP contribution in [0.15, 0.2) is 24.3 Å². The second-order valence-corrected chi connectivity index (χ2v) is 10.1. The van der Waals surface area contributed by atoms with Gasteiger partial charge in [0.1, 0.15) is 5.75 Å². The lowest BCUT2D eigenvalue weighted by molar-refractivity contribution is -0.127. The van der Waals surface area contributed by atoms with Gasteiger partial charge in [-0.15, -0.1) is 0 Å². The predicted molar refractivity (Wildman–Crippen MR) is 108 cm³/mol. The molecule has 4 atom stereocenters. The number of ether oxygens (including phenoxy) is 1. The number of hydrogen-bond donors (Lipinski definition) is 1. The lowest BCUT2D eigenvalue weighted by atomic mass is 9.98. The fourth-order valence-electron chi connectivity index (χ4n) is 5.01. The number of hydrogen-bond acceptors (Lipinski definition) is 5. The van der Waals surface area contributed by atoms with Gasteiger partial charge in [0.25, 0.3) is 0 Å². The molecule has 0 radical (unpaired) electrons. The van der Waals surface area contributed by atoms with Gasteiger partial charge in [0.05, 0.1) is 19.3 Å². The van der Waals surface area contributed by atoms with Crippen LogP contribution in [0.25, 0.3) is 0 Å². The van der Waals surface area contributed by atoms with Crippen molar-refractivity contribution in [1.29, 1.82) is 0 Å². The highest BCUT2D eigenvalue weighted by atomic mass is 32.2. The number of sulfonamides is 1. The maximum atomic E-state index is 12.8. The van der Waals surface area contributed by atoms with Crippen LogP contribution >= 0.6 is 0 Å². The Morgan fingerprint density at radius 1 is 1.14 bits per heavy atom. The van der Waals surface area contributed by atoms with Crippen molar-refractivity contribution in [2.24, 2.45) is 5.92 Å². The molecule has 8 nitrogen and oxygen atoms in total. The molecule has 0 aromatic heterocycles. The molecule has 2 amide bonds. The number of anilines is 1. The lowest BCUT2D eigenvalue weighted by Gasteiger charge is -2.37. The number of fused-ring (bicyclic) bond motifs is 2. The third-order valence-electron chi connectivity index (χ3n) is 6.28. The highest BCUT2D eigenvalue weighted by Crippen LogP contribution is 2.37. The minimum Gasteiger partial charge on any atom is -0.497 e. The molecule has 3 aliphatic heterocycles. The number of carbonyl (C=O) groups is 2. The molecule has 9 heteroatoms. The van der Waals surface area contributed by atoms with Crippen LogP contribution in [0.2, 0.25) is 0 Å². The summed E-state index contributed by atoms with van der Waals surface area (Å²) in [5, 5.41) is 3.09. The summed E-state index contributed by atoms with van der Waals surface area (Å²) in [5.41, 5.74) is 0.755. The topological polar surface area (TPSA) is 96.0 Å². The third kappa shape index (κ3) is 3.98. The van der Waals surface area contributed by atoms with Crippen LogP contribution in [0.3, 0.4) is 0 Å². The molecule has 1 aromatic rings. The summed E-state index contributed by atoms with van der Waals surface area (Å²) in [7, 11) is -1.63. The van der Waals surface area contributed by atoms with Gasteiger partial charge in [0.15, 0.2) is 0 Å². The van der Waals surface area contributed by atoms with Gasteiger partial charge in [0, 0.05) is 36.8 Å². The van der Waals surface area contributed by atoms with Gasteiger partial charge in [-0.05, 0) is 49.9 Å². The average molecular weight is 422 g/mol. The van der Waals surface area contributed by atoms with Crippen molar-refractivity contribution in [3.8, 4) is 5.75 Å². The number of piperidine rings is 1. The molecular weight excluding hydrogens is 394 g/mol. The highest BCUT2D eigenvalue weighted by molar-refractivity contribution is 7.88. The van der Waals surface area contributed by atoms with E-state index >= 15 is 0 Å². The quantitative estimate of drug-likeness (QED) is 0.769. The zero-order chi connectivity index (χ0) is 20.8. The summed E-state index contributed by atoms with van der Waals surface area (Å²) < 4.78 is 30.8. The van der Waals surface area contributed by atoms with Gasteiger partial charge in [-0.1, -0.05) is 0 Å². The van der Waals surface area contributed by atoms with E-state index in [9.17, 15) is 18.0 Å². The third-order valence-corrected chi connectivity index (χ3v) is 7.64. The standard InChI is InChI=1S/C20H27N3O5S/c1-28-18-7-5-15(6-8-18)22-12-13(9-19(22)24)20(25)21-14-10-16-3-4-17(11-14)23(16)29(2,26)27/h5-8,13-14,16-17H,3-4,9-12H2,1-2H3,(H,21,25)/t13-,14?,16-,17+/m0/s1. The number of nitrogens with one attached hydrogen (secondary N) is 1. The Kier molecular flexibility index (Phi) is 5.29. The molecule has 3 heterocycles. The Bertz CT molecular complexity index is 887. The monoisotopic (exact) mass is 421 g/mol. The number of carbonyl (C=O) groups excluding carboxylic acids is 2. The number of rotatable bonds is 5. The number of methoxy groups -OCH3 is 1. The summed E-state index contributed by atoms with van der Waals surface area (Å²) in [4.78, 5) is 26.9. The molecule has 1 unspecified atom stereocenters. The Labute approximate surface area is 171 Å². The molecule has 3 aliphatic rings. The average Bonchev–Trinajstić information content (AvgIpc) is 3.20. The minimum absolute atomic E-state index is 0.0324. The van der Waals surface area contributed by atoms with Crippen molar-refractivity contribution in [1.82, 2.24) is 9.62 Å². The van der Waals surface area contributed by atoms with E-state index in [4.69, 9.17) is 4.74 Å². The summed E-state index contributed by atoms with van der Waals surface area (Å²) in [6.07, 6.45) is 4.41. The van der Waals surface area contributed by atoms with E-state index in [0.717, 1.165) is 18.5 Å². The highest BCUT2D eigenvalue weighted by Gasteiger charge is 2.46. The van der Waals surface area contributed by atoms with Crippen LogP contribution in [0.1, 0.15) is 32.1 Å². The predicted octanol–water partition coefficient (Wildman–Crippen LogP) is 1.12. The summed E-state index contributed by atoms with van der Waals surface area (Å²) >= 11 is 0. The molecule has 3 fully saturated rings. The Hall–Kier alpha value is -2.13. The molecule has 1 N–H and O–H groups in total.